The van der Waals surface area contributed by atoms with E-state index in [1.165, 1.54) is 12.8 Å². The highest BCUT2D eigenvalue weighted by Gasteiger charge is 2.61. The second kappa shape index (κ2) is 9.29. The van der Waals surface area contributed by atoms with Gasteiger partial charge in [0.2, 0.25) is 11.9 Å². The van der Waals surface area contributed by atoms with Crippen molar-refractivity contribution in [2.24, 2.45) is 16.7 Å². The van der Waals surface area contributed by atoms with Gasteiger partial charge in [-0.05, 0) is 74.4 Å². The molecule has 3 N–H and O–H groups in total. The van der Waals surface area contributed by atoms with Gasteiger partial charge in [-0.3, -0.25) is 4.79 Å². The molecular formula is C26H38N6O. The van der Waals surface area contributed by atoms with Crippen LogP contribution in [-0.2, 0) is 11.2 Å². The van der Waals surface area contributed by atoms with Gasteiger partial charge in [0.1, 0.15) is 0 Å². The number of fused-ring (bicyclic) bond motifs is 2. The zero-order chi connectivity index (χ0) is 23.6. The number of aromatic nitrogens is 2. The van der Waals surface area contributed by atoms with Crippen molar-refractivity contribution in [3.63, 3.8) is 0 Å². The highest BCUT2D eigenvalue weighted by Crippen LogP contribution is 2.65. The molecule has 2 aliphatic rings. The van der Waals surface area contributed by atoms with Crippen LogP contribution in [-0.4, -0.2) is 54.0 Å². The Morgan fingerprint density at radius 3 is 2.67 bits per heavy atom. The number of hydrogen-bond acceptors (Lipinski definition) is 6. The van der Waals surface area contributed by atoms with Crippen molar-refractivity contribution in [2.75, 3.05) is 37.8 Å². The highest BCUT2D eigenvalue weighted by molar-refractivity contribution is 5.78. The maximum atomic E-state index is 12.9. The number of hydrogen-bond donors (Lipinski definition) is 3. The fourth-order valence-electron chi connectivity index (χ4n) is 5.65. The summed E-state index contributed by atoms with van der Waals surface area (Å²) < 4.78 is 0. The molecule has 7 heteroatoms. The van der Waals surface area contributed by atoms with Crippen LogP contribution in [0.25, 0.3) is 0 Å². The normalized spacial score (nSPS) is 25.3. The van der Waals surface area contributed by atoms with Crippen LogP contribution in [0.3, 0.4) is 0 Å². The molecule has 3 atom stereocenters. The summed E-state index contributed by atoms with van der Waals surface area (Å²) in [5, 5.41) is 10.0. The number of likely N-dealkylation sites (N-methyl/N-ethyl adjacent to an activating group) is 1. The van der Waals surface area contributed by atoms with Gasteiger partial charge in [-0.1, -0.05) is 26.8 Å². The number of anilines is 3. The molecule has 2 fully saturated rings. The Labute approximate surface area is 197 Å². The average Bonchev–Trinajstić information content (AvgIpc) is 3.07. The molecule has 0 radical (unpaired) electrons. The first-order valence-corrected chi connectivity index (χ1v) is 12.0. The van der Waals surface area contributed by atoms with E-state index in [1.54, 1.807) is 6.20 Å². The summed E-state index contributed by atoms with van der Waals surface area (Å²) in [6.45, 7) is 8.91. The van der Waals surface area contributed by atoms with Gasteiger partial charge in [0.25, 0.3) is 0 Å². The van der Waals surface area contributed by atoms with Gasteiger partial charge in [-0.15, -0.1) is 0 Å². The fourth-order valence-corrected chi connectivity index (χ4v) is 5.65. The van der Waals surface area contributed by atoms with Gasteiger partial charge < -0.3 is 20.9 Å². The highest BCUT2D eigenvalue weighted by atomic mass is 16.1. The molecule has 1 amide bonds. The second-order valence-electron chi connectivity index (χ2n) is 10.7. The third-order valence-corrected chi connectivity index (χ3v) is 8.19. The van der Waals surface area contributed by atoms with Gasteiger partial charge in [-0.2, -0.15) is 0 Å². The summed E-state index contributed by atoms with van der Waals surface area (Å²) in [4.78, 5) is 23.9. The first-order chi connectivity index (χ1) is 15.7. The van der Waals surface area contributed by atoms with E-state index in [0.29, 0.717) is 11.9 Å². The van der Waals surface area contributed by atoms with E-state index in [1.807, 2.05) is 30.3 Å². The van der Waals surface area contributed by atoms with Crippen molar-refractivity contribution in [1.82, 2.24) is 20.2 Å². The molecule has 4 rings (SSSR count). The number of carbonyl (C=O) groups is 1. The molecule has 2 aliphatic carbocycles. The third kappa shape index (κ3) is 4.98. The SMILES string of the molecule is CN(C)CCNc1cccc(Nc2nccc(CC(=O)NC3CC4CCC3(C)C4(C)C)n2)c1. The quantitative estimate of drug-likeness (QED) is 0.534. The van der Waals surface area contributed by atoms with Gasteiger partial charge in [0.05, 0.1) is 12.1 Å². The monoisotopic (exact) mass is 450 g/mol. The lowest BCUT2D eigenvalue weighted by molar-refractivity contribution is -0.122. The number of nitrogens with zero attached hydrogens (tertiary/aromatic N) is 3. The van der Waals surface area contributed by atoms with Crippen LogP contribution in [0, 0.1) is 16.7 Å². The molecule has 0 spiro atoms. The Morgan fingerprint density at radius 2 is 1.97 bits per heavy atom. The smallest absolute Gasteiger partial charge is 0.227 e. The summed E-state index contributed by atoms with van der Waals surface area (Å²) in [7, 11) is 4.12. The Kier molecular flexibility index (Phi) is 6.61. The molecule has 0 aliphatic heterocycles. The molecule has 1 aromatic carbocycles. The molecule has 3 unspecified atom stereocenters. The predicted molar refractivity (Wildman–Crippen MR) is 134 cm³/mol. The van der Waals surface area contributed by atoms with E-state index in [-0.39, 0.29) is 29.2 Å². The second-order valence-corrected chi connectivity index (χ2v) is 10.7. The number of benzene rings is 1. The first kappa shape index (κ1) is 23.5. The van der Waals surface area contributed by atoms with Gasteiger partial charge >= 0.3 is 0 Å². The van der Waals surface area contributed by atoms with Crippen LogP contribution in [0.4, 0.5) is 17.3 Å². The lowest BCUT2D eigenvalue weighted by Gasteiger charge is -2.39. The molecule has 33 heavy (non-hydrogen) atoms. The van der Waals surface area contributed by atoms with E-state index < -0.39 is 0 Å². The van der Waals surface area contributed by atoms with Crippen molar-refractivity contribution in [3.8, 4) is 0 Å². The first-order valence-electron chi connectivity index (χ1n) is 12.0. The number of rotatable bonds is 9. The largest absolute Gasteiger partial charge is 0.384 e. The average molecular weight is 451 g/mol. The molecule has 2 bridgehead atoms. The molecule has 178 valence electrons. The molecule has 2 aromatic rings. The Balaban J connectivity index is 1.34. The topological polar surface area (TPSA) is 82.2 Å². The maximum absolute atomic E-state index is 12.9. The van der Waals surface area contributed by atoms with E-state index in [4.69, 9.17) is 0 Å². The Hall–Kier alpha value is -2.67. The van der Waals surface area contributed by atoms with Gasteiger partial charge in [0, 0.05) is 36.7 Å². The Bertz CT molecular complexity index is 990. The zero-order valence-electron chi connectivity index (χ0n) is 20.6. The zero-order valence-corrected chi connectivity index (χ0v) is 20.6. The van der Waals surface area contributed by atoms with Crippen molar-refractivity contribution >= 4 is 23.2 Å². The number of amides is 1. The van der Waals surface area contributed by atoms with E-state index in [0.717, 1.165) is 36.6 Å². The van der Waals surface area contributed by atoms with Crippen LogP contribution in [0.1, 0.15) is 45.7 Å². The van der Waals surface area contributed by atoms with Crippen molar-refractivity contribution in [1.29, 1.82) is 0 Å². The lowest BCUT2D eigenvalue weighted by atomic mass is 9.69. The molecule has 1 aromatic heterocycles. The lowest BCUT2D eigenvalue weighted by Crippen LogP contribution is -2.47. The summed E-state index contributed by atoms with van der Waals surface area (Å²) >= 11 is 0. The molecule has 2 saturated carbocycles. The molecular weight excluding hydrogens is 412 g/mol. The van der Waals surface area contributed by atoms with Crippen LogP contribution in [0.2, 0.25) is 0 Å². The minimum Gasteiger partial charge on any atom is -0.384 e. The summed E-state index contributed by atoms with van der Waals surface area (Å²) in [6.07, 6.45) is 5.54. The van der Waals surface area contributed by atoms with Gasteiger partial charge in [-0.25, -0.2) is 9.97 Å². The minimum atomic E-state index is 0.0429. The van der Waals surface area contributed by atoms with Crippen molar-refractivity contribution in [2.45, 2.75) is 52.5 Å². The predicted octanol–water partition coefficient (Wildman–Crippen LogP) is 4.07. The van der Waals surface area contributed by atoms with Crippen molar-refractivity contribution in [3.05, 3.63) is 42.2 Å². The van der Waals surface area contributed by atoms with Crippen LogP contribution < -0.4 is 16.0 Å². The minimum absolute atomic E-state index is 0.0429. The molecule has 1 heterocycles. The summed E-state index contributed by atoms with van der Waals surface area (Å²) in [5.41, 5.74) is 3.13. The fraction of sp³-hybridized carbons (Fsp3) is 0.577. The maximum Gasteiger partial charge on any atom is 0.227 e. The standard InChI is InChI=1S/C26H38N6O/c1-25(2)18-9-11-26(25,3)22(15-18)31-23(33)17-21-10-12-28-24(30-21)29-20-8-6-7-19(16-20)27-13-14-32(4)5/h6-8,10,12,16,18,22,27H,9,11,13-15,17H2,1-5H3,(H,31,33)(H,28,29,30). The summed E-state index contributed by atoms with van der Waals surface area (Å²) in [6, 6.07) is 10.1. The molecule has 0 saturated heterocycles. The van der Waals surface area contributed by atoms with Crippen molar-refractivity contribution < 1.29 is 4.79 Å². The third-order valence-electron chi connectivity index (χ3n) is 8.19. The van der Waals surface area contributed by atoms with Crippen LogP contribution in [0.5, 0.6) is 0 Å². The Morgan fingerprint density at radius 1 is 1.18 bits per heavy atom. The van der Waals surface area contributed by atoms with E-state index in [9.17, 15) is 4.79 Å². The van der Waals surface area contributed by atoms with Crippen LogP contribution in [0.15, 0.2) is 36.5 Å². The van der Waals surface area contributed by atoms with E-state index in [2.05, 4.69) is 65.7 Å². The van der Waals surface area contributed by atoms with Gasteiger partial charge in [0.15, 0.2) is 0 Å². The van der Waals surface area contributed by atoms with Crippen LogP contribution >= 0.6 is 0 Å². The summed E-state index contributed by atoms with van der Waals surface area (Å²) in [5.74, 6) is 1.25. The van der Waals surface area contributed by atoms with E-state index >= 15 is 0 Å². The molecule has 7 nitrogen and oxygen atoms in total. The number of carbonyl (C=O) groups excluding carboxylic acids is 1. The number of nitrogens with one attached hydrogen (secondary N) is 3.